The van der Waals surface area contributed by atoms with Gasteiger partial charge in [0.05, 0.1) is 11.6 Å². The number of likely N-dealkylation sites (N-methyl/N-ethyl adjacent to an activating group) is 1. The fraction of sp³-hybridized carbons (Fsp3) is 0.286. The number of benzene rings is 2. The van der Waals surface area contributed by atoms with Gasteiger partial charge in [0.1, 0.15) is 17.2 Å². The van der Waals surface area contributed by atoms with Crippen molar-refractivity contribution in [3.63, 3.8) is 0 Å². The van der Waals surface area contributed by atoms with E-state index < -0.39 is 17.0 Å². The van der Waals surface area contributed by atoms with Crippen LogP contribution in [-0.4, -0.2) is 29.4 Å². The van der Waals surface area contributed by atoms with Crippen molar-refractivity contribution in [3.05, 3.63) is 53.3 Å². The Bertz CT molecular complexity index is 1090. The lowest BCUT2D eigenvalue weighted by molar-refractivity contribution is -0.133. The van der Waals surface area contributed by atoms with Crippen LogP contribution in [0.1, 0.15) is 31.4 Å². The molecule has 1 atom stereocenters. The summed E-state index contributed by atoms with van der Waals surface area (Å²) in [7, 11) is 1.57. The number of fused-ring (bicyclic) bond motifs is 2. The van der Waals surface area contributed by atoms with E-state index in [0.717, 1.165) is 0 Å². The molecule has 28 heavy (non-hydrogen) atoms. The maximum absolute atomic E-state index is 15.0. The Morgan fingerprint density at radius 2 is 2.07 bits per heavy atom. The van der Waals surface area contributed by atoms with E-state index in [1.54, 1.807) is 37.4 Å². The van der Waals surface area contributed by atoms with Gasteiger partial charge in [-0.05, 0) is 37.6 Å². The van der Waals surface area contributed by atoms with E-state index >= 15 is 0 Å². The third-order valence-electron chi connectivity index (χ3n) is 5.19. The number of nitriles is 1. The predicted octanol–water partition coefficient (Wildman–Crippen LogP) is 2.91. The van der Waals surface area contributed by atoms with Gasteiger partial charge in [-0.15, -0.1) is 0 Å². The van der Waals surface area contributed by atoms with E-state index in [9.17, 15) is 9.18 Å². The molecular weight excluding hydrogens is 359 g/mol. The van der Waals surface area contributed by atoms with Gasteiger partial charge in [-0.25, -0.2) is 9.38 Å². The van der Waals surface area contributed by atoms with Gasteiger partial charge in [0.2, 0.25) is 0 Å². The van der Waals surface area contributed by atoms with E-state index in [1.807, 2.05) is 13.8 Å². The number of halogens is 1. The van der Waals surface area contributed by atoms with E-state index in [-0.39, 0.29) is 29.6 Å². The lowest BCUT2D eigenvalue weighted by atomic mass is 9.76. The van der Waals surface area contributed by atoms with Crippen molar-refractivity contribution in [2.24, 2.45) is 10.7 Å². The summed E-state index contributed by atoms with van der Waals surface area (Å²) in [5, 5.41) is 9.14. The van der Waals surface area contributed by atoms with E-state index in [4.69, 9.17) is 15.7 Å². The quantitative estimate of drug-likeness (QED) is 0.826. The first-order chi connectivity index (χ1) is 13.2. The highest BCUT2D eigenvalue weighted by atomic mass is 19.1. The standard InChI is InChI=1S/C21H19FN4O2/c1-20(2)11-21(18(27)26(3)19(24)25-21)15-8-14(16(22)9-17(15)28-20)13-6-4-5-12(7-13)10-23/h4-9H,11H2,1-3H3,(H2,24,25). The number of hydrogen-bond acceptors (Lipinski definition) is 5. The summed E-state index contributed by atoms with van der Waals surface area (Å²) < 4.78 is 20.9. The van der Waals surface area contributed by atoms with Crippen LogP contribution in [0.3, 0.4) is 0 Å². The molecule has 2 aromatic rings. The molecule has 2 aromatic carbocycles. The van der Waals surface area contributed by atoms with Crippen molar-refractivity contribution >= 4 is 11.9 Å². The summed E-state index contributed by atoms with van der Waals surface area (Å²) in [4.78, 5) is 18.9. The fourth-order valence-electron chi connectivity index (χ4n) is 3.98. The van der Waals surface area contributed by atoms with Crippen LogP contribution >= 0.6 is 0 Å². The molecule has 1 spiro atoms. The molecular formula is C21H19FN4O2. The summed E-state index contributed by atoms with van der Waals surface area (Å²) in [6.07, 6.45) is 0.278. The number of carbonyl (C=O) groups is 1. The summed E-state index contributed by atoms with van der Waals surface area (Å²) >= 11 is 0. The second-order valence-corrected chi connectivity index (χ2v) is 7.75. The van der Waals surface area contributed by atoms with Crippen molar-refractivity contribution in [1.82, 2.24) is 4.90 Å². The van der Waals surface area contributed by atoms with Crippen LogP contribution in [0.5, 0.6) is 5.75 Å². The molecule has 1 amide bonds. The van der Waals surface area contributed by atoms with Crippen LogP contribution in [0.2, 0.25) is 0 Å². The normalized spacial score (nSPS) is 22.5. The minimum absolute atomic E-state index is 0.117. The maximum atomic E-state index is 15.0. The number of aliphatic imine (C=N–C) groups is 1. The van der Waals surface area contributed by atoms with Gasteiger partial charge in [-0.1, -0.05) is 12.1 Å². The zero-order valence-electron chi connectivity index (χ0n) is 15.8. The minimum atomic E-state index is -1.26. The van der Waals surface area contributed by atoms with Crippen LogP contribution in [-0.2, 0) is 10.3 Å². The molecule has 0 bridgehead atoms. The highest BCUT2D eigenvalue weighted by Gasteiger charge is 2.55. The second-order valence-electron chi connectivity index (χ2n) is 7.75. The minimum Gasteiger partial charge on any atom is -0.487 e. The molecule has 6 nitrogen and oxygen atoms in total. The van der Waals surface area contributed by atoms with Gasteiger partial charge < -0.3 is 10.5 Å². The first-order valence-corrected chi connectivity index (χ1v) is 8.84. The summed E-state index contributed by atoms with van der Waals surface area (Å²) in [5.41, 5.74) is 5.65. The largest absolute Gasteiger partial charge is 0.487 e. The van der Waals surface area contributed by atoms with Gasteiger partial charge in [0, 0.05) is 30.7 Å². The number of nitrogens with two attached hydrogens (primary N) is 1. The van der Waals surface area contributed by atoms with E-state index in [0.29, 0.717) is 16.7 Å². The van der Waals surface area contributed by atoms with Gasteiger partial charge >= 0.3 is 0 Å². The smallest absolute Gasteiger partial charge is 0.261 e. The topological polar surface area (TPSA) is 91.7 Å². The van der Waals surface area contributed by atoms with Crippen molar-refractivity contribution in [2.75, 3.05) is 7.05 Å². The number of hydrogen-bond donors (Lipinski definition) is 1. The molecule has 0 radical (unpaired) electrons. The monoisotopic (exact) mass is 378 g/mol. The summed E-state index contributed by atoms with van der Waals surface area (Å²) in [5.74, 6) is -0.386. The number of amides is 1. The lowest BCUT2D eigenvalue weighted by Crippen LogP contribution is -2.49. The number of ether oxygens (including phenoxy) is 1. The molecule has 7 heteroatoms. The zero-order valence-corrected chi connectivity index (χ0v) is 15.8. The Hall–Kier alpha value is -3.40. The molecule has 0 aliphatic carbocycles. The SMILES string of the molecule is CN1C(=O)C2(CC(C)(C)Oc3cc(F)c(-c4cccc(C#N)c4)cc32)N=C1N. The average molecular weight is 378 g/mol. The van der Waals surface area contributed by atoms with Gasteiger partial charge in [0.25, 0.3) is 5.91 Å². The van der Waals surface area contributed by atoms with Gasteiger partial charge in [0.15, 0.2) is 11.5 Å². The third kappa shape index (κ3) is 2.53. The Balaban J connectivity index is 1.97. The van der Waals surface area contributed by atoms with Crippen molar-refractivity contribution in [2.45, 2.75) is 31.4 Å². The van der Waals surface area contributed by atoms with Crippen LogP contribution < -0.4 is 10.5 Å². The van der Waals surface area contributed by atoms with Gasteiger partial charge in [-0.3, -0.25) is 9.69 Å². The fourth-order valence-corrected chi connectivity index (χ4v) is 3.98. The number of rotatable bonds is 1. The van der Waals surface area contributed by atoms with Crippen molar-refractivity contribution < 1.29 is 13.9 Å². The third-order valence-corrected chi connectivity index (χ3v) is 5.19. The van der Waals surface area contributed by atoms with E-state index in [1.165, 1.54) is 11.0 Å². The maximum Gasteiger partial charge on any atom is 0.261 e. The Labute approximate surface area is 162 Å². The Morgan fingerprint density at radius 1 is 1.32 bits per heavy atom. The molecule has 0 saturated heterocycles. The van der Waals surface area contributed by atoms with Crippen LogP contribution in [0.15, 0.2) is 41.4 Å². The summed E-state index contributed by atoms with van der Waals surface area (Å²) in [6.45, 7) is 3.66. The predicted molar refractivity (Wildman–Crippen MR) is 102 cm³/mol. The Kier molecular flexibility index (Phi) is 3.72. The average Bonchev–Trinajstić information content (AvgIpc) is 2.84. The highest BCUT2D eigenvalue weighted by molar-refractivity contribution is 6.07. The van der Waals surface area contributed by atoms with Crippen LogP contribution in [0.25, 0.3) is 11.1 Å². The molecule has 1 unspecified atom stereocenters. The number of nitrogens with zero attached hydrogens (tertiary/aromatic N) is 3. The molecule has 4 rings (SSSR count). The van der Waals surface area contributed by atoms with Crippen molar-refractivity contribution in [3.8, 4) is 22.9 Å². The lowest BCUT2D eigenvalue weighted by Gasteiger charge is -2.41. The zero-order chi connectivity index (χ0) is 20.3. The van der Waals surface area contributed by atoms with Crippen LogP contribution in [0.4, 0.5) is 4.39 Å². The molecule has 0 saturated carbocycles. The summed E-state index contributed by atoms with van der Waals surface area (Å²) in [6, 6.07) is 11.6. The van der Waals surface area contributed by atoms with Crippen molar-refractivity contribution in [1.29, 1.82) is 5.26 Å². The molecule has 0 aromatic heterocycles. The molecule has 2 aliphatic rings. The highest BCUT2D eigenvalue weighted by Crippen LogP contribution is 2.50. The number of guanidine groups is 1. The first kappa shape index (κ1) is 18.0. The van der Waals surface area contributed by atoms with Gasteiger partial charge in [-0.2, -0.15) is 5.26 Å². The van der Waals surface area contributed by atoms with E-state index in [2.05, 4.69) is 11.1 Å². The molecule has 0 fully saturated rings. The Morgan fingerprint density at radius 3 is 2.71 bits per heavy atom. The number of carbonyl (C=O) groups excluding carboxylic acids is 1. The molecule has 2 N–H and O–H groups in total. The molecule has 2 heterocycles. The first-order valence-electron chi connectivity index (χ1n) is 8.84. The second kappa shape index (κ2) is 5.80. The van der Waals surface area contributed by atoms with Crippen LogP contribution in [0, 0.1) is 17.1 Å². The molecule has 2 aliphatic heterocycles. The molecule has 142 valence electrons.